The second kappa shape index (κ2) is 4.65. The summed E-state index contributed by atoms with van der Waals surface area (Å²) in [6.45, 7) is 9.85. The Hall–Kier alpha value is -1.33. The van der Waals surface area contributed by atoms with Crippen molar-refractivity contribution < 1.29 is 9.31 Å². The molecule has 1 aliphatic heterocycles. The summed E-state index contributed by atoms with van der Waals surface area (Å²) in [4.78, 5) is 14.5. The first-order valence-corrected chi connectivity index (χ1v) is 6.45. The first-order valence-electron chi connectivity index (χ1n) is 6.45. The molecule has 1 fully saturated rings. The molecule has 19 heavy (non-hydrogen) atoms. The molecule has 0 aliphatic carbocycles. The van der Waals surface area contributed by atoms with Crippen LogP contribution in [0.2, 0.25) is 0 Å². The van der Waals surface area contributed by atoms with Crippen molar-refractivity contribution in [1.82, 2.24) is 4.98 Å². The summed E-state index contributed by atoms with van der Waals surface area (Å²) in [7, 11) is -0.425. The van der Waals surface area contributed by atoms with Crippen LogP contribution in [-0.2, 0) is 9.31 Å². The number of aromatic nitrogens is 1. The van der Waals surface area contributed by atoms with Gasteiger partial charge in [-0.3, -0.25) is 4.79 Å². The third-order valence-electron chi connectivity index (χ3n) is 3.79. The van der Waals surface area contributed by atoms with Crippen LogP contribution < -0.4 is 5.56 Å². The molecule has 1 aliphatic rings. The highest BCUT2D eigenvalue weighted by Gasteiger charge is 2.49. The van der Waals surface area contributed by atoms with E-state index in [9.17, 15) is 4.79 Å². The molecule has 0 aromatic carbocycles. The molecular weight excluding hydrogens is 241 g/mol. The maximum atomic E-state index is 11.7. The normalized spacial score (nSPS) is 21.2. The highest BCUT2D eigenvalue weighted by molar-refractivity contribution is 6.52. The molecule has 0 atom stereocenters. The summed E-state index contributed by atoms with van der Waals surface area (Å²) < 4.78 is 11.7. The van der Waals surface area contributed by atoms with E-state index in [4.69, 9.17) is 9.31 Å². The van der Waals surface area contributed by atoms with Crippen LogP contribution in [-0.4, -0.2) is 23.3 Å². The predicted octanol–water partition coefficient (Wildman–Crippen LogP) is 2.33. The first kappa shape index (κ1) is 14.1. The molecule has 2 heterocycles. The Labute approximate surface area is 114 Å². The second-order valence-corrected chi connectivity index (χ2v) is 5.91. The Morgan fingerprint density at radius 3 is 2.26 bits per heavy atom. The SMILES string of the molecule is Cc1ccc(/C=C/B2OC(C)(C)C(C)(C)O2)c(=O)[nH]1. The predicted molar refractivity (Wildman–Crippen MR) is 76.9 cm³/mol. The minimum Gasteiger partial charge on any atom is -0.400 e. The highest BCUT2D eigenvalue weighted by atomic mass is 16.7. The molecule has 1 aromatic heterocycles. The van der Waals surface area contributed by atoms with Gasteiger partial charge in [-0.1, -0.05) is 12.1 Å². The molecule has 0 unspecified atom stereocenters. The van der Waals surface area contributed by atoms with Crippen LogP contribution in [0.5, 0.6) is 0 Å². The Morgan fingerprint density at radius 1 is 1.16 bits per heavy atom. The number of hydrogen-bond acceptors (Lipinski definition) is 3. The van der Waals surface area contributed by atoms with Gasteiger partial charge in [-0.2, -0.15) is 0 Å². The van der Waals surface area contributed by atoms with E-state index >= 15 is 0 Å². The van der Waals surface area contributed by atoms with Gasteiger partial charge in [0.15, 0.2) is 0 Å². The molecule has 102 valence electrons. The fourth-order valence-corrected chi connectivity index (χ4v) is 1.86. The van der Waals surface area contributed by atoms with E-state index < -0.39 is 7.12 Å². The van der Waals surface area contributed by atoms with E-state index in [0.29, 0.717) is 5.56 Å². The molecule has 0 radical (unpaired) electrons. The smallest absolute Gasteiger partial charge is 0.400 e. The van der Waals surface area contributed by atoms with Gasteiger partial charge in [-0.05, 0) is 46.8 Å². The van der Waals surface area contributed by atoms with E-state index in [1.165, 1.54) is 0 Å². The molecule has 1 aromatic rings. The Kier molecular flexibility index (Phi) is 3.45. The Bertz CT molecular complexity index is 544. The lowest BCUT2D eigenvalue weighted by molar-refractivity contribution is 0.00578. The van der Waals surface area contributed by atoms with Gasteiger partial charge < -0.3 is 14.3 Å². The van der Waals surface area contributed by atoms with Gasteiger partial charge in [0.1, 0.15) is 0 Å². The lowest BCUT2D eigenvalue weighted by Crippen LogP contribution is -2.41. The number of H-pyrrole nitrogens is 1. The van der Waals surface area contributed by atoms with Gasteiger partial charge in [0.2, 0.25) is 0 Å². The zero-order valence-electron chi connectivity index (χ0n) is 12.1. The van der Waals surface area contributed by atoms with Gasteiger partial charge in [-0.25, -0.2) is 0 Å². The molecule has 2 rings (SSSR count). The standard InChI is InChI=1S/C14H20BNO3/c1-10-6-7-11(12(17)16-10)8-9-15-18-13(2,3)14(4,5)19-15/h6-9H,1-5H3,(H,16,17)/b9-8+. The minimum absolute atomic E-state index is 0.104. The quantitative estimate of drug-likeness (QED) is 0.831. The van der Waals surface area contributed by atoms with E-state index in [1.54, 1.807) is 18.1 Å². The number of hydrogen-bond donors (Lipinski definition) is 1. The molecule has 0 bridgehead atoms. The zero-order chi connectivity index (χ0) is 14.3. The van der Waals surface area contributed by atoms with E-state index in [-0.39, 0.29) is 16.8 Å². The summed E-state index contributed by atoms with van der Waals surface area (Å²) in [6, 6.07) is 3.65. The van der Waals surface area contributed by atoms with Gasteiger partial charge in [0.05, 0.1) is 11.2 Å². The van der Waals surface area contributed by atoms with Crippen LogP contribution in [0, 0.1) is 6.92 Å². The molecule has 0 amide bonds. The Morgan fingerprint density at radius 2 is 1.74 bits per heavy atom. The summed E-state index contributed by atoms with van der Waals surface area (Å²) in [5, 5.41) is 0. The highest BCUT2D eigenvalue weighted by Crippen LogP contribution is 2.36. The zero-order valence-corrected chi connectivity index (χ0v) is 12.1. The molecule has 1 N–H and O–H groups in total. The van der Waals surface area contributed by atoms with Crippen molar-refractivity contribution in [2.45, 2.75) is 45.8 Å². The number of aromatic amines is 1. The average molecular weight is 261 g/mol. The van der Waals surface area contributed by atoms with Crippen LogP contribution in [0.15, 0.2) is 22.9 Å². The van der Waals surface area contributed by atoms with E-state index in [1.807, 2.05) is 40.7 Å². The number of pyridine rings is 1. The summed E-state index contributed by atoms with van der Waals surface area (Å²) in [5.41, 5.74) is 0.620. The van der Waals surface area contributed by atoms with Crippen molar-refractivity contribution in [3.05, 3.63) is 39.7 Å². The Balaban J connectivity index is 2.15. The van der Waals surface area contributed by atoms with E-state index in [0.717, 1.165) is 5.69 Å². The maximum Gasteiger partial charge on any atom is 0.487 e. The van der Waals surface area contributed by atoms with Crippen molar-refractivity contribution in [3.8, 4) is 0 Å². The monoisotopic (exact) mass is 261 g/mol. The first-order chi connectivity index (χ1) is 8.71. The van der Waals surface area contributed by atoms with Crippen molar-refractivity contribution in [2.24, 2.45) is 0 Å². The van der Waals surface area contributed by atoms with Gasteiger partial charge in [0, 0.05) is 11.3 Å². The molecule has 5 heteroatoms. The van der Waals surface area contributed by atoms with Crippen molar-refractivity contribution >= 4 is 13.2 Å². The lowest BCUT2D eigenvalue weighted by Gasteiger charge is -2.32. The third-order valence-corrected chi connectivity index (χ3v) is 3.79. The molecule has 1 saturated heterocycles. The molecule has 0 saturated carbocycles. The lowest BCUT2D eigenvalue weighted by atomic mass is 9.89. The number of aryl methyl sites for hydroxylation is 1. The summed E-state index contributed by atoms with van der Waals surface area (Å²) >= 11 is 0. The average Bonchev–Trinajstić information content (AvgIpc) is 2.46. The third kappa shape index (κ3) is 2.82. The van der Waals surface area contributed by atoms with Crippen LogP contribution in [0.1, 0.15) is 39.0 Å². The molecule has 4 nitrogen and oxygen atoms in total. The molecular formula is C14H20BNO3. The van der Waals surface area contributed by atoms with Gasteiger partial charge >= 0.3 is 7.12 Å². The van der Waals surface area contributed by atoms with Crippen LogP contribution in [0.3, 0.4) is 0 Å². The van der Waals surface area contributed by atoms with Gasteiger partial charge in [-0.15, -0.1) is 0 Å². The fraction of sp³-hybridized carbons (Fsp3) is 0.500. The van der Waals surface area contributed by atoms with Crippen LogP contribution >= 0.6 is 0 Å². The van der Waals surface area contributed by atoms with Crippen LogP contribution in [0.4, 0.5) is 0 Å². The largest absolute Gasteiger partial charge is 0.487 e. The van der Waals surface area contributed by atoms with Crippen molar-refractivity contribution in [3.63, 3.8) is 0 Å². The maximum absolute atomic E-state index is 11.7. The van der Waals surface area contributed by atoms with Crippen molar-refractivity contribution in [1.29, 1.82) is 0 Å². The number of nitrogens with one attached hydrogen (secondary N) is 1. The molecule has 0 spiro atoms. The fourth-order valence-electron chi connectivity index (χ4n) is 1.86. The second-order valence-electron chi connectivity index (χ2n) is 5.91. The minimum atomic E-state index is -0.425. The van der Waals surface area contributed by atoms with Crippen molar-refractivity contribution in [2.75, 3.05) is 0 Å². The van der Waals surface area contributed by atoms with E-state index in [2.05, 4.69) is 4.98 Å². The summed E-state index contributed by atoms with van der Waals surface area (Å²) in [5.74, 6) is 1.77. The summed E-state index contributed by atoms with van der Waals surface area (Å²) in [6.07, 6.45) is 1.74. The topological polar surface area (TPSA) is 51.3 Å². The number of rotatable bonds is 2. The van der Waals surface area contributed by atoms with Gasteiger partial charge in [0.25, 0.3) is 5.56 Å². The van der Waals surface area contributed by atoms with Crippen LogP contribution in [0.25, 0.3) is 6.08 Å².